The van der Waals surface area contributed by atoms with Gasteiger partial charge in [0.05, 0.1) is 23.6 Å². The Kier molecular flexibility index (Phi) is 3.32. The van der Waals surface area contributed by atoms with Crippen LogP contribution in [-0.2, 0) is 0 Å². The minimum absolute atomic E-state index is 0.0628. The van der Waals surface area contributed by atoms with Gasteiger partial charge < -0.3 is 5.32 Å². The van der Waals surface area contributed by atoms with Crippen LogP contribution in [0.15, 0.2) is 49.2 Å². The molecule has 1 atom stereocenters. The van der Waals surface area contributed by atoms with E-state index in [1.54, 1.807) is 29.6 Å². The number of tetrazole rings is 1. The van der Waals surface area contributed by atoms with E-state index in [-0.39, 0.29) is 6.04 Å². The third-order valence-electron chi connectivity index (χ3n) is 2.87. The van der Waals surface area contributed by atoms with Crippen LogP contribution >= 0.6 is 0 Å². The molecule has 1 aromatic carbocycles. The number of aromatic nitrogens is 6. The summed E-state index contributed by atoms with van der Waals surface area (Å²) < 4.78 is 1.61. The zero-order chi connectivity index (χ0) is 13.8. The van der Waals surface area contributed by atoms with Crippen molar-refractivity contribution in [3.63, 3.8) is 0 Å². The maximum atomic E-state index is 4.28. The number of nitrogens with zero attached hydrogens (tertiary/aromatic N) is 6. The number of benzene rings is 1. The second kappa shape index (κ2) is 5.43. The minimum Gasteiger partial charge on any atom is -0.377 e. The number of rotatable bonds is 4. The normalized spacial score (nSPS) is 12.1. The second-order valence-corrected chi connectivity index (χ2v) is 4.30. The number of nitrogens with one attached hydrogen (secondary N) is 1. The topological polar surface area (TPSA) is 81.4 Å². The molecule has 2 aromatic heterocycles. The Hall–Kier alpha value is -2.83. The van der Waals surface area contributed by atoms with Gasteiger partial charge in [-0.1, -0.05) is 6.07 Å². The van der Waals surface area contributed by atoms with Gasteiger partial charge in [0, 0.05) is 18.1 Å². The maximum absolute atomic E-state index is 4.28. The highest BCUT2D eigenvalue weighted by atomic mass is 15.5. The average Bonchev–Trinajstić information content (AvgIpc) is 3.03. The molecular weight excluding hydrogens is 254 g/mol. The molecule has 0 aliphatic heterocycles. The van der Waals surface area contributed by atoms with E-state index >= 15 is 0 Å². The van der Waals surface area contributed by atoms with Crippen molar-refractivity contribution in [2.75, 3.05) is 5.32 Å². The van der Waals surface area contributed by atoms with Gasteiger partial charge in [0.15, 0.2) is 0 Å². The molecule has 3 rings (SSSR count). The van der Waals surface area contributed by atoms with Gasteiger partial charge in [0.2, 0.25) is 0 Å². The molecule has 3 aromatic rings. The van der Waals surface area contributed by atoms with E-state index in [0.29, 0.717) is 0 Å². The molecule has 1 unspecified atom stereocenters. The highest BCUT2D eigenvalue weighted by Crippen LogP contribution is 2.19. The molecule has 0 bridgehead atoms. The third-order valence-corrected chi connectivity index (χ3v) is 2.87. The highest BCUT2D eigenvalue weighted by Gasteiger charge is 2.07. The largest absolute Gasteiger partial charge is 0.377 e. The van der Waals surface area contributed by atoms with Crippen LogP contribution in [0.2, 0.25) is 0 Å². The Bertz CT molecular complexity index is 666. The molecule has 0 radical (unpaired) electrons. The summed E-state index contributed by atoms with van der Waals surface area (Å²) in [6.45, 7) is 2.04. The summed E-state index contributed by atoms with van der Waals surface area (Å²) in [5, 5.41) is 14.5. The predicted molar refractivity (Wildman–Crippen MR) is 73.2 cm³/mol. The first-order chi connectivity index (χ1) is 9.83. The summed E-state index contributed by atoms with van der Waals surface area (Å²) in [6, 6.07) is 7.91. The van der Waals surface area contributed by atoms with E-state index in [1.165, 1.54) is 0 Å². The van der Waals surface area contributed by atoms with E-state index in [4.69, 9.17) is 0 Å². The van der Waals surface area contributed by atoms with Crippen molar-refractivity contribution in [3.05, 3.63) is 54.9 Å². The molecule has 0 aliphatic carbocycles. The third kappa shape index (κ3) is 2.61. The van der Waals surface area contributed by atoms with E-state index in [1.807, 2.05) is 31.2 Å². The molecule has 20 heavy (non-hydrogen) atoms. The van der Waals surface area contributed by atoms with Crippen LogP contribution in [0.25, 0.3) is 5.69 Å². The lowest BCUT2D eigenvalue weighted by Gasteiger charge is -2.14. The van der Waals surface area contributed by atoms with Crippen molar-refractivity contribution in [1.29, 1.82) is 0 Å². The van der Waals surface area contributed by atoms with Gasteiger partial charge in [-0.3, -0.25) is 9.97 Å². The Labute approximate surface area is 115 Å². The molecule has 7 nitrogen and oxygen atoms in total. The molecule has 0 spiro atoms. The lowest BCUT2D eigenvalue weighted by molar-refractivity contribution is 0.787. The molecule has 0 fully saturated rings. The molecule has 0 aliphatic rings. The zero-order valence-corrected chi connectivity index (χ0v) is 10.9. The molecule has 7 heteroatoms. The molecular formula is C13H13N7. The van der Waals surface area contributed by atoms with Crippen molar-refractivity contribution >= 4 is 5.69 Å². The fourth-order valence-corrected chi connectivity index (χ4v) is 1.88. The summed E-state index contributed by atoms with van der Waals surface area (Å²) in [6.07, 6.45) is 6.66. The van der Waals surface area contributed by atoms with Crippen molar-refractivity contribution in [3.8, 4) is 5.69 Å². The molecule has 0 amide bonds. The van der Waals surface area contributed by atoms with Crippen LogP contribution in [0.1, 0.15) is 18.7 Å². The fraction of sp³-hybridized carbons (Fsp3) is 0.154. The van der Waals surface area contributed by atoms with Gasteiger partial charge in [0.1, 0.15) is 6.33 Å². The Morgan fingerprint density at radius 1 is 1.25 bits per heavy atom. The van der Waals surface area contributed by atoms with Crippen LogP contribution in [-0.4, -0.2) is 30.2 Å². The van der Waals surface area contributed by atoms with E-state index in [2.05, 4.69) is 30.8 Å². The van der Waals surface area contributed by atoms with Crippen molar-refractivity contribution < 1.29 is 0 Å². The summed E-state index contributed by atoms with van der Waals surface area (Å²) in [7, 11) is 0. The lowest BCUT2D eigenvalue weighted by atomic mass is 10.2. The van der Waals surface area contributed by atoms with Gasteiger partial charge in [-0.05, 0) is 35.5 Å². The summed E-state index contributed by atoms with van der Waals surface area (Å²) in [5.41, 5.74) is 2.75. The van der Waals surface area contributed by atoms with Gasteiger partial charge >= 0.3 is 0 Å². The van der Waals surface area contributed by atoms with Gasteiger partial charge in [-0.15, -0.1) is 5.10 Å². The molecule has 100 valence electrons. The molecule has 2 heterocycles. The molecule has 0 saturated heterocycles. The van der Waals surface area contributed by atoms with Crippen LogP contribution in [0.3, 0.4) is 0 Å². The van der Waals surface area contributed by atoms with Crippen molar-refractivity contribution in [2.45, 2.75) is 13.0 Å². The quantitative estimate of drug-likeness (QED) is 0.773. The standard InChI is InChI=1S/C13H13N7/c1-10(13-8-14-5-6-15-13)17-11-3-2-4-12(7-11)20-9-16-18-19-20/h2-10,17H,1H3. The average molecular weight is 267 g/mol. The van der Waals surface area contributed by atoms with Crippen molar-refractivity contribution in [2.24, 2.45) is 0 Å². The number of hydrogen-bond donors (Lipinski definition) is 1. The van der Waals surface area contributed by atoms with Crippen LogP contribution in [0.5, 0.6) is 0 Å². The van der Waals surface area contributed by atoms with Gasteiger partial charge in [-0.2, -0.15) is 0 Å². The van der Waals surface area contributed by atoms with Gasteiger partial charge in [0.25, 0.3) is 0 Å². The highest BCUT2D eigenvalue weighted by molar-refractivity contribution is 5.51. The minimum atomic E-state index is 0.0628. The monoisotopic (exact) mass is 267 g/mol. The van der Waals surface area contributed by atoms with Gasteiger partial charge in [-0.25, -0.2) is 4.68 Å². The first-order valence-corrected chi connectivity index (χ1v) is 6.19. The second-order valence-electron chi connectivity index (χ2n) is 4.30. The zero-order valence-electron chi connectivity index (χ0n) is 10.9. The predicted octanol–water partition coefficient (Wildman–Crippen LogP) is 1.63. The summed E-state index contributed by atoms with van der Waals surface area (Å²) in [4.78, 5) is 8.36. The maximum Gasteiger partial charge on any atom is 0.143 e. The Balaban J connectivity index is 1.80. The Morgan fingerprint density at radius 3 is 2.95 bits per heavy atom. The molecule has 0 saturated carbocycles. The molecule has 1 N–H and O–H groups in total. The first kappa shape index (κ1) is 12.2. The number of anilines is 1. The van der Waals surface area contributed by atoms with Crippen LogP contribution in [0.4, 0.5) is 5.69 Å². The van der Waals surface area contributed by atoms with Crippen LogP contribution < -0.4 is 5.32 Å². The first-order valence-electron chi connectivity index (χ1n) is 6.19. The summed E-state index contributed by atoms with van der Waals surface area (Å²) >= 11 is 0. The summed E-state index contributed by atoms with van der Waals surface area (Å²) in [5.74, 6) is 0. The smallest absolute Gasteiger partial charge is 0.143 e. The SMILES string of the molecule is CC(Nc1cccc(-n2cnnn2)c1)c1cnccn1. The van der Waals surface area contributed by atoms with E-state index in [9.17, 15) is 0 Å². The van der Waals surface area contributed by atoms with Crippen LogP contribution in [0, 0.1) is 0 Å². The lowest BCUT2D eigenvalue weighted by Crippen LogP contribution is -2.09. The number of hydrogen-bond acceptors (Lipinski definition) is 6. The van der Waals surface area contributed by atoms with E-state index < -0.39 is 0 Å². The fourth-order valence-electron chi connectivity index (χ4n) is 1.88. The Morgan fingerprint density at radius 2 is 2.20 bits per heavy atom. The van der Waals surface area contributed by atoms with E-state index in [0.717, 1.165) is 17.1 Å². The van der Waals surface area contributed by atoms with Crippen molar-refractivity contribution in [1.82, 2.24) is 30.2 Å².